The van der Waals surface area contributed by atoms with E-state index in [1.165, 1.54) is 0 Å². The molecule has 0 saturated heterocycles. The molecule has 0 unspecified atom stereocenters. The monoisotopic (exact) mass is 410 g/mol. The van der Waals surface area contributed by atoms with Crippen LogP contribution in [-0.2, 0) is 17.8 Å². The summed E-state index contributed by atoms with van der Waals surface area (Å²) < 4.78 is 7.90. The van der Waals surface area contributed by atoms with E-state index >= 15 is 0 Å². The maximum atomic E-state index is 12.4. The van der Waals surface area contributed by atoms with E-state index in [-0.39, 0.29) is 30.2 Å². The second-order valence-corrected chi connectivity index (χ2v) is 7.78. The predicted octanol–water partition coefficient (Wildman–Crippen LogP) is 1.94. The van der Waals surface area contributed by atoms with Gasteiger partial charge in [0.05, 0.1) is 22.4 Å². The minimum Gasteiger partial charge on any atom is -0.464 e. The summed E-state index contributed by atoms with van der Waals surface area (Å²) in [5, 5.41) is 23.0. The molecule has 9 heteroatoms. The van der Waals surface area contributed by atoms with Crippen LogP contribution in [-0.4, -0.2) is 33.6 Å². The van der Waals surface area contributed by atoms with E-state index in [0.29, 0.717) is 5.58 Å². The predicted molar refractivity (Wildman–Crippen MR) is 113 cm³/mol. The lowest BCUT2D eigenvalue weighted by Crippen LogP contribution is -2.48. The van der Waals surface area contributed by atoms with Gasteiger partial charge in [0.2, 0.25) is 5.91 Å². The van der Waals surface area contributed by atoms with Gasteiger partial charge in [-0.1, -0.05) is 41.7 Å². The Morgan fingerprint density at radius 1 is 1.17 bits per heavy atom. The van der Waals surface area contributed by atoms with Crippen molar-refractivity contribution in [1.82, 2.24) is 9.88 Å². The Balaban J connectivity index is 1.44. The van der Waals surface area contributed by atoms with Crippen LogP contribution in [0.3, 0.4) is 0 Å². The second-order valence-electron chi connectivity index (χ2n) is 6.79. The SMILES string of the molecule is O=C(CCn1c(=O)sc2ccccc21)N[C@@H](Cc1coc2ccccc12)B(O)O. The number of para-hydroxylation sites is 2. The average molecular weight is 410 g/mol. The number of thiazole rings is 1. The fourth-order valence-corrected chi connectivity index (χ4v) is 4.29. The molecule has 2 heterocycles. The van der Waals surface area contributed by atoms with E-state index < -0.39 is 13.1 Å². The van der Waals surface area contributed by atoms with E-state index in [2.05, 4.69) is 5.32 Å². The number of nitrogens with zero attached hydrogens (tertiary/aromatic N) is 1. The molecule has 4 aromatic rings. The number of fused-ring (bicyclic) bond motifs is 2. The highest BCUT2D eigenvalue weighted by Gasteiger charge is 2.27. The highest BCUT2D eigenvalue weighted by atomic mass is 32.1. The van der Waals surface area contributed by atoms with Crippen LogP contribution in [0.4, 0.5) is 0 Å². The fourth-order valence-electron chi connectivity index (χ4n) is 3.38. The second kappa shape index (κ2) is 8.24. The van der Waals surface area contributed by atoms with Gasteiger partial charge < -0.3 is 19.8 Å². The van der Waals surface area contributed by atoms with Crippen molar-refractivity contribution < 1.29 is 19.3 Å². The van der Waals surface area contributed by atoms with Crippen LogP contribution in [0.2, 0.25) is 0 Å². The molecule has 0 fully saturated rings. The molecule has 1 amide bonds. The molecule has 7 nitrogen and oxygen atoms in total. The number of benzene rings is 2. The van der Waals surface area contributed by atoms with Crippen molar-refractivity contribution in [3.63, 3.8) is 0 Å². The lowest BCUT2D eigenvalue weighted by Gasteiger charge is -2.17. The highest BCUT2D eigenvalue weighted by molar-refractivity contribution is 7.16. The summed E-state index contributed by atoms with van der Waals surface area (Å²) in [5.74, 6) is -1.25. The van der Waals surface area contributed by atoms with E-state index in [4.69, 9.17) is 4.42 Å². The Hall–Kier alpha value is -2.88. The number of aromatic nitrogens is 1. The minimum absolute atomic E-state index is 0.0516. The van der Waals surface area contributed by atoms with E-state index in [9.17, 15) is 19.6 Å². The Labute approximate surface area is 170 Å². The molecule has 0 aliphatic heterocycles. The van der Waals surface area contributed by atoms with Gasteiger partial charge in [-0.3, -0.25) is 14.2 Å². The van der Waals surface area contributed by atoms with Crippen LogP contribution in [0.15, 0.2) is 64.0 Å². The molecule has 2 aromatic heterocycles. The molecule has 4 rings (SSSR count). The first-order valence-corrected chi connectivity index (χ1v) is 10.0. The smallest absolute Gasteiger partial charge is 0.464 e. The van der Waals surface area contributed by atoms with Crippen molar-refractivity contribution in [3.8, 4) is 0 Å². The first-order valence-electron chi connectivity index (χ1n) is 9.22. The Morgan fingerprint density at radius 2 is 1.93 bits per heavy atom. The third-order valence-corrected chi connectivity index (χ3v) is 5.80. The van der Waals surface area contributed by atoms with E-state index in [1.807, 2.05) is 48.5 Å². The third-order valence-electron chi connectivity index (χ3n) is 4.84. The van der Waals surface area contributed by atoms with Crippen molar-refractivity contribution >= 4 is 45.5 Å². The number of nitrogens with one attached hydrogen (secondary N) is 1. The zero-order valence-corrected chi connectivity index (χ0v) is 16.3. The number of furan rings is 1. The Bertz CT molecular complexity index is 1210. The lowest BCUT2D eigenvalue weighted by atomic mass is 9.76. The molecule has 148 valence electrons. The van der Waals surface area contributed by atoms with Gasteiger partial charge in [0.15, 0.2) is 0 Å². The van der Waals surface area contributed by atoms with Crippen LogP contribution in [0, 0.1) is 0 Å². The van der Waals surface area contributed by atoms with E-state index in [1.54, 1.807) is 10.8 Å². The maximum Gasteiger partial charge on any atom is 0.475 e. The lowest BCUT2D eigenvalue weighted by molar-refractivity contribution is -0.121. The first-order chi connectivity index (χ1) is 14.0. The van der Waals surface area contributed by atoms with Gasteiger partial charge in [-0.15, -0.1) is 0 Å². The number of carbonyl (C=O) groups excluding carboxylic acids is 1. The van der Waals surface area contributed by atoms with Crippen molar-refractivity contribution in [2.45, 2.75) is 25.3 Å². The van der Waals surface area contributed by atoms with Gasteiger partial charge in [0.25, 0.3) is 0 Å². The number of hydrogen-bond donors (Lipinski definition) is 3. The van der Waals surface area contributed by atoms with Gasteiger partial charge >= 0.3 is 12.0 Å². The molecule has 29 heavy (non-hydrogen) atoms. The quantitative estimate of drug-likeness (QED) is 0.404. The summed E-state index contributed by atoms with van der Waals surface area (Å²) in [7, 11) is -1.72. The summed E-state index contributed by atoms with van der Waals surface area (Å²) >= 11 is 1.14. The van der Waals surface area contributed by atoms with Gasteiger partial charge in [0.1, 0.15) is 5.58 Å². The van der Waals surface area contributed by atoms with Crippen molar-refractivity contribution in [3.05, 3.63) is 70.0 Å². The molecular weight excluding hydrogens is 391 g/mol. The van der Waals surface area contributed by atoms with Crippen LogP contribution >= 0.6 is 11.3 Å². The molecule has 3 N–H and O–H groups in total. The molecule has 1 atom stereocenters. The molecule has 0 saturated carbocycles. The standard InChI is InChI=1S/C20H19BN2O5S/c24-19(9-10-23-15-6-2-4-8-17(15)29-20(23)25)22-18(21(26)27)11-13-12-28-16-7-3-1-5-14(13)16/h1-8,12,18,26-27H,9-11H2,(H,22,24)/t18-/m0/s1. The van der Waals surface area contributed by atoms with Crippen LogP contribution in [0.25, 0.3) is 21.2 Å². The first kappa shape index (κ1) is 19.4. The van der Waals surface area contributed by atoms with Crippen LogP contribution in [0.1, 0.15) is 12.0 Å². The van der Waals surface area contributed by atoms with Crippen molar-refractivity contribution in [2.75, 3.05) is 0 Å². The normalized spacial score (nSPS) is 12.3. The zero-order chi connectivity index (χ0) is 20.4. The molecule has 2 aromatic carbocycles. The van der Waals surface area contributed by atoms with Crippen LogP contribution in [0.5, 0.6) is 0 Å². The largest absolute Gasteiger partial charge is 0.475 e. The van der Waals surface area contributed by atoms with Crippen molar-refractivity contribution in [1.29, 1.82) is 0 Å². The number of rotatable bonds is 7. The number of aryl methyl sites for hydroxylation is 1. The fraction of sp³-hybridized carbons (Fsp3) is 0.200. The zero-order valence-electron chi connectivity index (χ0n) is 15.4. The summed E-state index contributed by atoms with van der Waals surface area (Å²) in [6, 6.07) is 14.8. The molecule has 0 aliphatic rings. The highest BCUT2D eigenvalue weighted by Crippen LogP contribution is 2.22. The van der Waals surface area contributed by atoms with Gasteiger partial charge in [-0.05, 0) is 30.2 Å². The van der Waals surface area contributed by atoms with Gasteiger partial charge in [-0.2, -0.15) is 0 Å². The summed E-state index contributed by atoms with van der Waals surface area (Å²) in [4.78, 5) is 24.5. The summed E-state index contributed by atoms with van der Waals surface area (Å²) in [6.45, 7) is 0.220. The molecule has 0 radical (unpaired) electrons. The molecule has 0 bridgehead atoms. The van der Waals surface area contributed by atoms with Crippen molar-refractivity contribution in [2.24, 2.45) is 0 Å². The Kier molecular flexibility index (Phi) is 5.52. The minimum atomic E-state index is -1.72. The molecule has 0 aliphatic carbocycles. The maximum absolute atomic E-state index is 12.4. The topological polar surface area (TPSA) is 105 Å². The van der Waals surface area contributed by atoms with Gasteiger partial charge in [0, 0.05) is 18.4 Å². The summed E-state index contributed by atoms with van der Waals surface area (Å²) in [6.07, 6.45) is 1.82. The molecular formula is C20H19BN2O5S. The number of carbonyl (C=O) groups is 1. The number of amides is 1. The van der Waals surface area contributed by atoms with Gasteiger partial charge in [-0.25, -0.2) is 0 Å². The third kappa shape index (κ3) is 4.12. The van der Waals surface area contributed by atoms with Crippen LogP contribution < -0.4 is 10.2 Å². The van der Waals surface area contributed by atoms with E-state index in [0.717, 1.165) is 32.5 Å². The Morgan fingerprint density at radius 3 is 2.76 bits per heavy atom. The average Bonchev–Trinajstić information content (AvgIpc) is 3.26. The summed E-state index contributed by atoms with van der Waals surface area (Å²) in [5.41, 5.74) is 2.27. The molecule has 0 spiro atoms. The number of hydrogen-bond acceptors (Lipinski definition) is 6.